The molecule has 106 valence electrons. The molecule has 3 rings (SSSR count). The van der Waals surface area contributed by atoms with Crippen molar-refractivity contribution in [2.75, 3.05) is 6.54 Å². The van der Waals surface area contributed by atoms with Crippen molar-refractivity contribution in [2.24, 2.45) is 0 Å². The van der Waals surface area contributed by atoms with Crippen LogP contribution in [0.3, 0.4) is 0 Å². The summed E-state index contributed by atoms with van der Waals surface area (Å²) in [4.78, 5) is 18.7. The highest BCUT2D eigenvalue weighted by Gasteiger charge is 2.32. The SMILES string of the molecule is Cc1cc(C2CCCN2C(=O)Cc2csc(C)n2)no1. The predicted octanol–water partition coefficient (Wildman–Crippen LogP) is 2.65. The van der Waals surface area contributed by atoms with Gasteiger partial charge in [0.1, 0.15) is 11.5 Å². The Balaban J connectivity index is 1.73. The van der Waals surface area contributed by atoms with E-state index >= 15 is 0 Å². The van der Waals surface area contributed by atoms with Crippen LogP contribution in [-0.4, -0.2) is 27.5 Å². The van der Waals surface area contributed by atoms with Crippen LogP contribution in [0.25, 0.3) is 0 Å². The van der Waals surface area contributed by atoms with Crippen LogP contribution in [-0.2, 0) is 11.2 Å². The monoisotopic (exact) mass is 291 g/mol. The van der Waals surface area contributed by atoms with E-state index in [2.05, 4.69) is 10.1 Å². The molecule has 20 heavy (non-hydrogen) atoms. The smallest absolute Gasteiger partial charge is 0.229 e. The van der Waals surface area contributed by atoms with Gasteiger partial charge in [0.05, 0.1) is 23.2 Å². The number of aryl methyl sites for hydroxylation is 2. The van der Waals surface area contributed by atoms with E-state index in [1.807, 2.05) is 30.2 Å². The summed E-state index contributed by atoms with van der Waals surface area (Å²) in [6, 6.07) is 1.98. The molecule has 1 unspecified atom stereocenters. The molecule has 0 aliphatic carbocycles. The van der Waals surface area contributed by atoms with E-state index in [0.717, 1.165) is 41.5 Å². The number of aromatic nitrogens is 2. The maximum absolute atomic E-state index is 12.4. The van der Waals surface area contributed by atoms with E-state index in [0.29, 0.717) is 6.42 Å². The van der Waals surface area contributed by atoms with Gasteiger partial charge in [-0.2, -0.15) is 0 Å². The van der Waals surface area contributed by atoms with Crippen LogP contribution in [0.5, 0.6) is 0 Å². The zero-order chi connectivity index (χ0) is 14.1. The second kappa shape index (κ2) is 5.36. The molecule has 0 N–H and O–H groups in total. The fraction of sp³-hybridized carbons (Fsp3) is 0.500. The molecule has 0 spiro atoms. The van der Waals surface area contributed by atoms with Gasteiger partial charge < -0.3 is 9.42 Å². The fourth-order valence-electron chi connectivity index (χ4n) is 2.66. The average molecular weight is 291 g/mol. The van der Waals surface area contributed by atoms with E-state index in [-0.39, 0.29) is 11.9 Å². The van der Waals surface area contributed by atoms with E-state index in [1.54, 1.807) is 11.3 Å². The van der Waals surface area contributed by atoms with Gasteiger partial charge in [0.15, 0.2) is 0 Å². The second-order valence-electron chi connectivity index (χ2n) is 5.14. The van der Waals surface area contributed by atoms with Crippen molar-refractivity contribution < 1.29 is 9.32 Å². The van der Waals surface area contributed by atoms with Gasteiger partial charge in [-0.15, -0.1) is 11.3 Å². The van der Waals surface area contributed by atoms with E-state index in [9.17, 15) is 4.79 Å². The van der Waals surface area contributed by atoms with E-state index in [4.69, 9.17) is 4.52 Å². The van der Waals surface area contributed by atoms with Gasteiger partial charge in [-0.05, 0) is 26.7 Å². The molecule has 1 aliphatic rings. The molecule has 0 saturated carbocycles. The summed E-state index contributed by atoms with van der Waals surface area (Å²) < 4.78 is 5.13. The van der Waals surface area contributed by atoms with Crippen LogP contribution in [0.15, 0.2) is 16.0 Å². The summed E-state index contributed by atoms with van der Waals surface area (Å²) in [6.07, 6.45) is 2.34. The van der Waals surface area contributed by atoms with Gasteiger partial charge in [-0.25, -0.2) is 4.98 Å². The highest BCUT2D eigenvalue weighted by molar-refractivity contribution is 7.09. The largest absolute Gasteiger partial charge is 0.361 e. The first-order chi connectivity index (χ1) is 9.63. The molecular formula is C14H17N3O2S. The third-order valence-electron chi connectivity index (χ3n) is 3.56. The third-order valence-corrected chi connectivity index (χ3v) is 4.38. The number of hydrogen-bond acceptors (Lipinski definition) is 5. The molecule has 1 saturated heterocycles. The molecular weight excluding hydrogens is 274 g/mol. The topological polar surface area (TPSA) is 59.2 Å². The summed E-state index contributed by atoms with van der Waals surface area (Å²) >= 11 is 1.58. The van der Waals surface area contributed by atoms with Crippen molar-refractivity contribution in [3.8, 4) is 0 Å². The Morgan fingerprint density at radius 2 is 2.40 bits per heavy atom. The van der Waals surface area contributed by atoms with Crippen LogP contribution in [0.4, 0.5) is 0 Å². The Kier molecular flexibility index (Phi) is 3.56. The molecule has 3 heterocycles. The van der Waals surface area contributed by atoms with Crippen molar-refractivity contribution in [3.63, 3.8) is 0 Å². The molecule has 5 nitrogen and oxygen atoms in total. The number of likely N-dealkylation sites (tertiary alicyclic amines) is 1. The maximum Gasteiger partial charge on any atom is 0.229 e. The molecule has 1 amide bonds. The molecule has 2 aromatic heterocycles. The van der Waals surface area contributed by atoms with Gasteiger partial charge >= 0.3 is 0 Å². The summed E-state index contributed by atoms with van der Waals surface area (Å²) in [5.74, 6) is 0.910. The summed E-state index contributed by atoms with van der Waals surface area (Å²) in [5, 5.41) is 7.01. The van der Waals surface area contributed by atoms with Gasteiger partial charge in [-0.1, -0.05) is 5.16 Å². The predicted molar refractivity (Wildman–Crippen MR) is 75.5 cm³/mol. The van der Waals surface area contributed by atoms with Crippen LogP contribution in [0.2, 0.25) is 0 Å². The van der Waals surface area contributed by atoms with Gasteiger partial charge in [0.2, 0.25) is 5.91 Å². The van der Waals surface area contributed by atoms with Crippen LogP contribution in [0.1, 0.15) is 41.0 Å². The second-order valence-corrected chi connectivity index (χ2v) is 6.20. The number of rotatable bonds is 3. The quantitative estimate of drug-likeness (QED) is 0.872. The van der Waals surface area contributed by atoms with E-state index < -0.39 is 0 Å². The Morgan fingerprint density at radius 3 is 3.05 bits per heavy atom. The van der Waals surface area contributed by atoms with Crippen molar-refractivity contribution >= 4 is 17.2 Å². The Bertz CT molecular complexity index is 619. The normalized spacial score (nSPS) is 18.7. The lowest BCUT2D eigenvalue weighted by molar-refractivity contribution is -0.131. The molecule has 0 bridgehead atoms. The summed E-state index contributed by atoms with van der Waals surface area (Å²) in [5.41, 5.74) is 1.72. The molecule has 0 aromatic carbocycles. The van der Waals surface area contributed by atoms with Crippen LogP contribution >= 0.6 is 11.3 Å². The minimum absolute atomic E-state index is 0.0553. The van der Waals surface area contributed by atoms with Crippen molar-refractivity contribution in [1.29, 1.82) is 0 Å². The molecule has 1 aliphatic heterocycles. The molecule has 6 heteroatoms. The number of hydrogen-bond donors (Lipinski definition) is 0. The summed E-state index contributed by atoms with van der Waals surface area (Å²) in [6.45, 7) is 4.61. The van der Waals surface area contributed by atoms with Crippen molar-refractivity contribution in [2.45, 2.75) is 39.2 Å². The van der Waals surface area contributed by atoms with Gasteiger partial charge in [0, 0.05) is 18.0 Å². The van der Waals surface area contributed by atoms with Crippen LogP contribution < -0.4 is 0 Å². The number of amides is 1. The molecule has 0 radical (unpaired) electrons. The number of carbonyl (C=O) groups excluding carboxylic acids is 1. The minimum atomic E-state index is 0.0553. The highest BCUT2D eigenvalue weighted by Crippen LogP contribution is 2.32. The highest BCUT2D eigenvalue weighted by atomic mass is 32.1. The lowest BCUT2D eigenvalue weighted by atomic mass is 10.1. The molecule has 1 atom stereocenters. The van der Waals surface area contributed by atoms with E-state index in [1.165, 1.54) is 0 Å². The zero-order valence-electron chi connectivity index (χ0n) is 11.6. The fourth-order valence-corrected chi connectivity index (χ4v) is 3.27. The average Bonchev–Trinajstić information content (AvgIpc) is 3.09. The Hall–Kier alpha value is -1.69. The Labute approximate surface area is 121 Å². The van der Waals surface area contributed by atoms with Crippen molar-refractivity contribution in [3.05, 3.63) is 33.6 Å². The molecule has 1 fully saturated rings. The van der Waals surface area contributed by atoms with Crippen molar-refractivity contribution in [1.82, 2.24) is 15.0 Å². The molecule has 2 aromatic rings. The maximum atomic E-state index is 12.4. The number of thiazole rings is 1. The lowest BCUT2D eigenvalue weighted by Crippen LogP contribution is -2.32. The first kappa shape index (κ1) is 13.3. The lowest BCUT2D eigenvalue weighted by Gasteiger charge is -2.22. The number of nitrogens with zero attached hydrogens (tertiary/aromatic N) is 3. The number of carbonyl (C=O) groups is 1. The first-order valence-electron chi connectivity index (χ1n) is 6.77. The standard InChI is InChI=1S/C14H17N3O2S/c1-9-6-12(16-19-9)13-4-3-5-17(13)14(18)7-11-8-20-10(2)15-11/h6,8,13H,3-5,7H2,1-2H3. The Morgan fingerprint density at radius 1 is 1.55 bits per heavy atom. The zero-order valence-corrected chi connectivity index (χ0v) is 12.4. The minimum Gasteiger partial charge on any atom is -0.361 e. The summed E-state index contributed by atoms with van der Waals surface area (Å²) in [7, 11) is 0. The van der Waals surface area contributed by atoms with Gasteiger partial charge in [0.25, 0.3) is 0 Å². The van der Waals surface area contributed by atoms with Gasteiger partial charge in [-0.3, -0.25) is 4.79 Å². The third kappa shape index (κ3) is 2.60. The van der Waals surface area contributed by atoms with Crippen LogP contribution in [0, 0.1) is 13.8 Å². The first-order valence-corrected chi connectivity index (χ1v) is 7.65.